The Morgan fingerprint density at radius 3 is 2.97 bits per heavy atom. The molecule has 11 heteroatoms. The lowest BCUT2D eigenvalue weighted by Gasteiger charge is -2.11. The van der Waals surface area contributed by atoms with Crippen molar-refractivity contribution in [3.63, 3.8) is 0 Å². The Hall–Kier alpha value is -2.37. The van der Waals surface area contributed by atoms with Crippen molar-refractivity contribution in [1.82, 2.24) is 15.5 Å². The van der Waals surface area contributed by atoms with Crippen LogP contribution in [-0.4, -0.2) is 60.7 Å². The highest BCUT2D eigenvalue weighted by molar-refractivity contribution is 8.01. The van der Waals surface area contributed by atoms with Crippen molar-refractivity contribution in [1.29, 1.82) is 0 Å². The van der Waals surface area contributed by atoms with Gasteiger partial charge in [-0.1, -0.05) is 29.2 Å². The third-order valence-electron chi connectivity index (χ3n) is 4.31. The summed E-state index contributed by atoms with van der Waals surface area (Å²) in [4.78, 5) is 24.2. The quantitative estimate of drug-likeness (QED) is 0.472. The van der Waals surface area contributed by atoms with Crippen LogP contribution in [0.3, 0.4) is 0 Å². The predicted octanol–water partition coefficient (Wildman–Crippen LogP) is 2.29. The van der Waals surface area contributed by atoms with Crippen molar-refractivity contribution in [2.75, 3.05) is 43.2 Å². The van der Waals surface area contributed by atoms with Crippen LogP contribution in [0.25, 0.3) is 0 Å². The number of thioether (sulfide) groups is 1. The summed E-state index contributed by atoms with van der Waals surface area (Å²) >= 11 is 2.67. The van der Waals surface area contributed by atoms with Crippen molar-refractivity contribution in [3.8, 4) is 5.75 Å². The Morgan fingerprint density at radius 1 is 1.33 bits per heavy atom. The van der Waals surface area contributed by atoms with Gasteiger partial charge in [-0.25, -0.2) is 0 Å². The molecular weight excluding hydrogens is 426 g/mol. The highest BCUT2D eigenvalue weighted by Crippen LogP contribution is 2.26. The summed E-state index contributed by atoms with van der Waals surface area (Å²) in [6, 6.07) is 5.49. The van der Waals surface area contributed by atoms with E-state index in [1.807, 2.05) is 19.1 Å². The maximum Gasteiger partial charge on any atom is 0.243 e. The smallest absolute Gasteiger partial charge is 0.243 e. The monoisotopic (exact) mass is 451 g/mol. The normalized spacial score (nSPS) is 15.6. The van der Waals surface area contributed by atoms with Gasteiger partial charge < -0.3 is 25.4 Å². The summed E-state index contributed by atoms with van der Waals surface area (Å²) in [5, 5.41) is 17.4. The van der Waals surface area contributed by atoms with E-state index in [-0.39, 0.29) is 30.2 Å². The number of nitrogens with one attached hydrogen (secondary N) is 3. The molecule has 1 fully saturated rings. The molecule has 1 saturated heterocycles. The zero-order valence-corrected chi connectivity index (χ0v) is 18.5. The maximum absolute atomic E-state index is 12.1. The number of aromatic nitrogens is 2. The van der Waals surface area contributed by atoms with Crippen molar-refractivity contribution < 1.29 is 19.1 Å². The van der Waals surface area contributed by atoms with Gasteiger partial charge in [-0.3, -0.25) is 9.59 Å². The van der Waals surface area contributed by atoms with Crippen LogP contribution in [0.2, 0.25) is 0 Å². The Morgan fingerprint density at radius 2 is 2.20 bits per heavy atom. The first-order valence-electron chi connectivity index (χ1n) is 9.56. The molecule has 1 unspecified atom stereocenters. The Bertz CT molecular complexity index is 870. The summed E-state index contributed by atoms with van der Waals surface area (Å²) in [6.45, 7) is 3.32. The van der Waals surface area contributed by atoms with Crippen molar-refractivity contribution >= 4 is 45.7 Å². The standard InChI is InChI=1S/C19H25N5O4S2/c1-12-5-6-15(27-2)14(8-12)22-16(25)10-20-17(26)11-29-19-24-23-18(30-19)21-9-13-4-3-7-28-13/h5-6,8,13H,3-4,7,9-11H2,1-2H3,(H,20,26)(H,21,23)(H,22,25). The molecule has 2 aromatic rings. The van der Waals surface area contributed by atoms with E-state index in [1.54, 1.807) is 6.07 Å². The molecule has 30 heavy (non-hydrogen) atoms. The molecular formula is C19H25N5O4S2. The summed E-state index contributed by atoms with van der Waals surface area (Å²) in [5.41, 5.74) is 1.57. The van der Waals surface area contributed by atoms with Crippen LogP contribution in [0.15, 0.2) is 22.5 Å². The van der Waals surface area contributed by atoms with Crippen molar-refractivity contribution in [2.24, 2.45) is 0 Å². The molecule has 0 bridgehead atoms. The summed E-state index contributed by atoms with van der Waals surface area (Å²) in [7, 11) is 1.54. The van der Waals surface area contributed by atoms with E-state index in [0.717, 1.165) is 25.0 Å². The molecule has 0 spiro atoms. The average molecular weight is 452 g/mol. The van der Waals surface area contributed by atoms with E-state index in [4.69, 9.17) is 9.47 Å². The molecule has 0 aliphatic carbocycles. The molecule has 0 radical (unpaired) electrons. The Labute approximate surface area is 183 Å². The highest BCUT2D eigenvalue weighted by Gasteiger charge is 2.16. The summed E-state index contributed by atoms with van der Waals surface area (Å²) in [6.07, 6.45) is 2.37. The molecule has 1 aliphatic rings. The van der Waals surface area contributed by atoms with E-state index < -0.39 is 0 Å². The predicted molar refractivity (Wildman–Crippen MR) is 117 cm³/mol. The molecule has 1 aromatic carbocycles. The maximum atomic E-state index is 12.1. The van der Waals surface area contributed by atoms with E-state index in [0.29, 0.717) is 27.5 Å². The van der Waals surface area contributed by atoms with Gasteiger partial charge in [0.2, 0.25) is 16.9 Å². The number of aryl methyl sites for hydroxylation is 1. The fourth-order valence-corrected chi connectivity index (χ4v) is 4.41. The third kappa shape index (κ3) is 6.85. The number of rotatable bonds is 10. The van der Waals surface area contributed by atoms with Gasteiger partial charge in [0, 0.05) is 13.2 Å². The van der Waals surface area contributed by atoms with Crippen LogP contribution in [-0.2, 0) is 14.3 Å². The van der Waals surface area contributed by atoms with Gasteiger partial charge >= 0.3 is 0 Å². The number of anilines is 2. The molecule has 1 aliphatic heterocycles. The molecule has 3 rings (SSSR count). The Kier molecular flexibility index (Phi) is 8.29. The van der Waals surface area contributed by atoms with Gasteiger partial charge in [0.25, 0.3) is 0 Å². The van der Waals surface area contributed by atoms with Gasteiger partial charge in [0.15, 0.2) is 4.34 Å². The number of hydrogen-bond acceptors (Lipinski definition) is 9. The lowest BCUT2D eigenvalue weighted by Crippen LogP contribution is -2.34. The second-order valence-electron chi connectivity index (χ2n) is 6.71. The number of nitrogens with zero attached hydrogens (tertiary/aromatic N) is 2. The summed E-state index contributed by atoms with van der Waals surface area (Å²) in [5.74, 6) is 0.140. The van der Waals surface area contributed by atoms with Crippen LogP contribution >= 0.6 is 23.1 Å². The average Bonchev–Trinajstić information content (AvgIpc) is 3.41. The first-order chi connectivity index (χ1) is 14.5. The SMILES string of the molecule is COc1ccc(C)cc1NC(=O)CNC(=O)CSc1nnc(NCC2CCCO2)s1. The lowest BCUT2D eigenvalue weighted by atomic mass is 10.2. The largest absolute Gasteiger partial charge is 0.495 e. The molecule has 1 aromatic heterocycles. The minimum atomic E-state index is -0.325. The van der Waals surface area contributed by atoms with Crippen LogP contribution in [0.4, 0.5) is 10.8 Å². The van der Waals surface area contributed by atoms with E-state index >= 15 is 0 Å². The second kappa shape index (κ2) is 11.1. The lowest BCUT2D eigenvalue weighted by molar-refractivity contribution is -0.122. The number of hydrogen-bond donors (Lipinski definition) is 3. The number of methoxy groups -OCH3 is 1. The van der Waals surface area contributed by atoms with Gasteiger partial charge in [-0.15, -0.1) is 10.2 Å². The zero-order valence-electron chi connectivity index (χ0n) is 16.9. The fraction of sp³-hybridized carbons (Fsp3) is 0.474. The van der Waals surface area contributed by atoms with Crippen LogP contribution in [0, 0.1) is 6.92 Å². The molecule has 162 valence electrons. The Balaban J connectivity index is 1.36. The zero-order chi connectivity index (χ0) is 21.3. The number of carbonyl (C=O) groups excluding carboxylic acids is 2. The van der Waals surface area contributed by atoms with Gasteiger partial charge in [0.1, 0.15) is 5.75 Å². The number of benzene rings is 1. The molecule has 3 N–H and O–H groups in total. The van der Waals surface area contributed by atoms with E-state index in [9.17, 15) is 9.59 Å². The van der Waals surface area contributed by atoms with Gasteiger partial charge in [-0.05, 0) is 37.5 Å². The molecule has 0 saturated carbocycles. The number of ether oxygens (including phenoxy) is 2. The topological polar surface area (TPSA) is 114 Å². The van der Waals surface area contributed by atoms with E-state index in [1.165, 1.54) is 30.2 Å². The molecule has 2 amide bonds. The van der Waals surface area contributed by atoms with Crippen molar-refractivity contribution in [2.45, 2.75) is 30.2 Å². The van der Waals surface area contributed by atoms with Crippen LogP contribution in [0.1, 0.15) is 18.4 Å². The minimum Gasteiger partial charge on any atom is -0.495 e. The van der Waals surface area contributed by atoms with Crippen LogP contribution < -0.4 is 20.7 Å². The second-order valence-corrected chi connectivity index (χ2v) is 8.91. The third-order valence-corrected chi connectivity index (χ3v) is 6.33. The summed E-state index contributed by atoms with van der Waals surface area (Å²) < 4.78 is 11.5. The number of amides is 2. The number of carbonyl (C=O) groups is 2. The van der Waals surface area contributed by atoms with Crippen molar-refractivity contribution in [3.05, 3.63) is 23.8 Å². The van der Waals surface area contributed by atoms with E-state index in [2.05, 4.69) is 26.1 Å². The van der Waals surface area contributed by atoms with Gasteiger partial charge in [0.05, 0.1) is 31.2 Å². The molecule has 9 nitrogen and oxygen atoms in total. The fourth-order valence-electron chi connectivity index (χ4n) is 2.82. The minimum absolute atomic E-state index is 0.124. The first kappa shape index (κ1) is 22.3. The molecule has 2 heterocycles. The van der Waals surface area contributed by atoms with Gasteiger partial charge in [-0.2, -0.15) is 0 Å². The highest BCUT2D eigenvalue weighted by atomic mass is 32.2. The van der Waals surface area contributed by atoms with Crippen LogP contribution in [0.5, 0.6) is 5.75 Å². The molecule has 1 atom stereocenters. The first-order valence-corrected chi connectivity index (χ1v) is 11.4.